The second-order valence-corrected chi connectivity index (χ2v) is 9.56. The van der Waals surface area contributed by atoms with Crippen molar-refractivity contribution >= 4 is 56.3 Å². The molecule has 0 unspecified atom stereocenters. The molecule has 0 atom stereocenters. The molecule has 0 aliphatic carbocycles. The molecule has 0 bridgehead atoms. The molecule has 0 saturated carbocycles. The van der Waals surface area contributed by atoms with Crippen molar-refractivity contribution < 1.29 is 19.4 Å². The summed E-state index contributed by atoms with van der Waals surface area (Å²) < 4.78 is 5.90. The molecule has 32 heavy (non-hydrogen) atoms. The predicted molar refractivity (Wildman–Crippen MR) is 127 cm³/mol. The van der Waals surface area contributed by atoms with Gasteiger partial charge >= 0.3 is 0 Å². The fraction of sp³-hybridized carbons (Fsp3) is 0.304. The van der Waals surface area contributed by atoms with Crippen LogP contribution in [0.2, 0.25) is 10.0 Å². The fourth-order valence-electron chi connectivity index (χ4n) is 3.83. The van der Waals surface area contributed by atoms with E-state index in [0.717, 1.165) is 38.4 Å². The van der Waals surface area contributed by atoms with E-state index in [1.807, 2.05) is 24.3 Å². The Morgan fingerprint density at radius 3 is 2.50 bits per heavy atom. The molecule has 6 nitrogen and oxygen atoms in total. The van der Waals surface area contributed by atoms with E-state index in [4.69, 9.17) is 33.7 Å². The van der Waals surface area contributed by atoms with E-state index in [1.165, 1.54) is 17.4 Å². The zero-order chi connectivity index (χ0) is 22.8. The van der Waals surface area contributed by atoms with Crippen LogP contribution in [0.1, 0.15) is 37.6 Å². The van der Waals surface area contributed by atoms with Crippen molar-refractivity contribution in [2.24, 2.45) is 5.73 Å². The zero-order valence-corrected chi connectivity index (χ0v) is 19.5. The fourth-order valence-corrected chi connectivity index (χ4v) is 5.62. The number of thiophene rings is 1. The quantitative estimate of drug-likeness (QED) is 0.467. The first-order valence-corrected chi connectivity index (χ1v) is 11.8. The second kappa shape index (κ2) is 9.77. The Labute approximate surface area is 199 Å². The first-order valence-electron chi connectivity index (χ1n) is 10.2. The molecule has 1 amide bonds. The maximum Gasteiger partial charge on any atom is 0.250 e. The van der Waals surface area contributed by atoms with E-state index in [1.54, 1.807) is 0 Å². The summed E-state index contributed by atoms with van der Waals surface area (Å²) in [6.07, 6.45) is 0.550. The Morgan fingerprint density at radius 2 is 1.84 bits per heavy atom. The third-order valence-corrected chi connectivity index (χ3v) is 7.58. The van der Waals surface area contributed by atoms with Crippen molar-refractivity contribution in [2.45, 2.75) is 19.4 Å². The summed E-state index contributed by atoms with van der Waals surface area (Å²) >= 11 is 13.5. The molecule has 168 valence electrons. The van der Waals surface area contributed by atoms with Gasteiger partial charge in [0.15, 0.2) is 11.5 Å². The number of rotatable bonds is 7. The number of primary amides is 1. The Hall–Kier alpha value is -2.16. The second-order valence-electron chi connectivity index (χ2n) is 7.67. The smallest absolute Gasteiger partial charge is 0.250 e. The van der Waals surface area contributed by atoms with Crippen LogP contribution in [0.25, 0.3) is 10.1 Å². The van der Waals surface area contributed by atoms with Crippen LogP contribution in [-0.2, 0) is 17.7 Å². The van der Waals surface area contributed by atoms with Crippen LogP contribution in [0.4, 0.5) is 0 Å². The molecule has 0 radical (unpaired) electrons. The number of hydrogen-bond donors (Lipinski definition) is 2. The van der Waals surface area contributed by atoms with Crippen molar-refractivity contribution in [2.75, 3.05) is 26.3 Å². The number of aryl methyl sites for hydroxylation is 1. The number of nitrogens with two attached hydrogens (primary N) is 1. The van der Waals surface area contributed by atoms with Gasteiger partial charge in [-0.25, -0.2) is 0 Å². The van der Waals surface area contributed by atoms with Crippen molar-refractivity contribution in [1.29, 1.82) is 0 Å². The highest BCUT2D eigenvalue weighted by molar-refractivity contribution is 7.20. The lowest BCUT2D eigenvalue weighted by Crippen LogP contribution is -2.35. The van der Waals surface area contributed by atoms with Gasteiger partial charge in [0.05, 0.1) is 28.5 Å². The lowest BCUT2D eigenvalue weighted by atomic mass is 10.0. The van der Waals surface area contributed by atoms with Crippen LogP contribution in [0.15, 0.2) is 30.3 Å². The summed E-state index contributed by atoms with van der Waals surface area (Å²) in [5.74, 6) is -0.885. The standard InChI is InChI=1S/C23H22Cl2N2O4S/c24-16-11-15-19(23(26)30)18(32-22(15)20(25)21(16)29)6-5-17(28)14-3-1-13(2-4-14)12-27-7-9-31-10-8-27/h1-4,11,29H,5-10,12H2,(H2,26,30). The molecule has 1 saturated heterocycles. The van der Waals surface area contributed by atoms with Gasteiger partial charge in [0, 0.05) is 41.9 Å². The third kappa shape index (κ3) is 4.77. The minimum absolute atomic E-state index is 0.0252. The molecule has 1 aromatic heterocycles. The Kier molecular flexibility index (Phi) is 7.02. The van der Waals surface area contributed by atoms with E-state index in [0.29, 0.717) is 32.5 Å². The van der Waals surface area contributed by atoms with Gasteiger partial charge in [-0.2, -0.15) is 0 Å². The topological polar surface area (TPSA) is 92.9 Å². The lowest BCUT2D eigenvalue weighted by molar-refractivity contribution is 0.0342. The molecule has 1 aliphatic heterocycles. The molecule has 1 aliphatic rings. The highest BCUT2D eigenvalue weighted by Crippen LogP contribution is 2.44. The predicted octanol–water partition coefficient (Wildman–Crippen LogP) is 4.66. The van der Waals surface area contributed by atoms with Crippen molar-refractivity contribution in [3.63, 3.8) is 0 Å². The molecule has 9 heteroatoms. The van der Waals surface area contributed by atoms with E-state index in [-0.39, 0.29) is 28.0 Å². The largest absolute Gasteiger partial charge is 0.505 e. The molecule has 0 spiro atoms. The van der Waals surface area contributed by atoms with Crippen molar-refractivity contribution in [1.82, 2.24) is 4.90 Å². The van der Waals surface area contributed by atoms with Gasteiger partial charge in [-0.15, -0.1) is 11.3 Å². The van der Waals surface area contributed by atoms with Crippen LogP contribution in [0.5, 0.6) is 5.75 Å². The van der Waals surface area contributed by atoms with Gasteiger partial charge in [-0.1, -0.05) is 47.5 Å². The number of halogens is 2. The number of carbonyl (C=O) groups excluding carboxylic acids is 2. The summed E-state index contributed by atoms with van der Waals surface area (Å²) in [5, 5.41) is 10.6. The molecular formula is C23H22Cl2N2O4S. The number of phenolic OH excluding ortho intramolecular Hbond substituents is 1. The number of ketones is 1. The number of Topliss-reactive ketones (excluding diaryl/α,β-unsaturated/α-hetero) is 1. The Balaban J connectivity index is 1.48. The minimum atomic E-state index is -0.621. The SMILES string of the molecule is NC(=O)c1c(CCC(=O)c2ccc(CN3CCOCC3)cc2)sc2c(Cl)c(O)c(Cl)cc12. The monoisotopic (exact) mass is 492 g/mol. The summed E-state index contributed by atoms with van der Waals surface area (Å²) in [7, 11) is 0. The molecular weight excluding hydrogens is 471 g/mol. The average Bonchev–Trinajstić information content (AvgIpc) is 3.15. The first kappa shape index (κ1) is 23.0. The number of amides is 1. The minimum Gasteiger partial charge on any atom is -0.505 e. The highest BCUT2D eigenvalue weighted by atomic mass is 35.5. The van der Waals surface area contributed by atoms with E-state index < -0.39 is 5.91 Å². The van der Waals surface area contributed by atoms with Gasteiger partial charge < -0.3 is 15.6 Å². The number of morpholine rings is 1. The Bertz CT molecular complexity index is 1170. The van der Waals surface area contributed by atoms with E-state index in [9.17, 15) is 14.7 Å². The van der Waals surface area contributed by atoms with Gasteiger partial charge in [-0.3, -0.25) is 14.5 Å². The number of aromatic hydroxyl groups is 1. The number of carbonyl (C=O) groups is 2. The summed E-state index contributed by atoms with van der Waals surface area (Å²) in [6, 6.07) is 9.11. The molecule has 4 rings (SSSR count). The summed E-state index contributed by atoms with van der Waals surface area (Å²) in [6.45, 7) is 4.14. The maximum absolute atomic E-state index is 12.8. The number of phenols is 1. The first-order chi connectivity index (χ1) is 15.3. The molecule has 3 aromatic rings. The van der Waals surface area contributed by atoms with Crippen LogP contribution < -0.4 is 5.73 Å². The van der Waals surface area contributed by atoms with Gasteiger partial charge in [0.2, 0.25) is 5.91 Å². The van der Waals surface area contributed by atoms with Crippen LogP contribution >= 0.6 is 34.5 Å². The van der Waals surface area contributed by atoms with Crippen molar-refractivity contribution in [3.8, 4) is 5.75 Å². The third-order valence-electron chi connectivity index (χ3n) is 5.53. The number of benzene rings is 2. The lowest BCUT2D eigenvalue weighted by Gasteiger charge is -2.26. The average molecular weight is 493 g/mol. The highest BCUT2D eigenvalue weighted by Gasteiger charge is 2.22. The molecule has 2 aromatic carbocycles. The number of fused-ring (bicyclic) bond motifs is 1. The van der Waals surface area contributed by atoms with Crippen LogP contribution in [0.3, 0.4) is 0 Å². The van der Waals surface area contributed by atoms with Gasteiger partial charge in [0.25, 0.3) is 0 Å². The number of ether oxygens (including phenoxy) is 1. The number of hydrogen-bond acceptors (Lipinski definition) is 6. The maximum atomic E-state index is 12.8. The van der Waals surface area contributed by atoms with Crippen LogP contribution in [0, 0.1) is 0 Å². The molecule has 1 fully saturated rings. The van der Waals surface area contributed by atoms with E-state index >= 15 is 0 Å². The van der Waals surface area contributed by atoms with Gasteiger partial charge in [0.1, 0.15) is 5.02 Å². The molecule has 3 N–H and O–H groups in total. The van der Waals surface area contributed by atoms with Gasteiger partial charge in [-0.05, 0) is 18.1 Å². The normalized spacial score (nSPS) is 14.7. The summed E-state index contributed by atoms with van der Waals surface area (Å²) in [5.41, 5.74) is 7.66. The number of nitrogens with zero attached hydrogens (tertiary/aromatic N) is 1. The zero-order valence-electron chi connectivity index (χ0n) is 17.2. The van der Waals surface area contributed by atoms with E-state index in [2.05, 4.69) is 4.90 Å². The molecule has 2 heterocycles. The summed E-state index contributed by atoms with van der Waals surface area (Å²) in [4.78, 5) is 27.8. The van der Waals surface area contributed by atoms with Crippen molar-refractivity contribution in [3.05, 3.63) is 61.9 Å². The Morgan fingerprint density at radius 1 is 1.16 bits per heavy atom. The van der Waals surface area contributed by atoms with Crippen LogP contribution in [-0.4, -0.2) is 48.0 Å².